The summed E-state index contributed by atoms with van der Waals surface area (Å²) < 4.78 is 16.9. The molecule has 160 valence electrons. The molecule has 4 rings (SSSR count). The van der Waals surface area contributed by atoms with Crippen LogP contribution in [0.3, 0.4) is 0 Å². The summed E-state index contributed by atoms with van der Waals surface area (Å²) in [6, 6.07) is 7.70. The molecule has 29 heavy (non-hydrogen) atoms. The quantitative estimate of drug-likeness (QED) is 0.698. The monoisotopic (exact) mass is 403 g/mol. The van der Waals surface area contributed by atoms with Crippen LogP contribution in [-0.4, -0.2) is 69.1 Å². The molecule has 3 fully saturated rings. The maximum atomic E-state index is 12.4. The summed E-state index contributed by atoms with van der Waals surface area (Å²) in [7, 11) is 0. The highest BCUT2D eigenvalue weighted by Crippen LogP contribution is 2.24. The van der Waals surface area contributed by atoms with E-state index in [-0.39, 0.29) is 12.1 Å². The molecule has 3 aliphatic heterocycles. The Morgan fingerprint density at radius 2 is 1.97 bits per heavy atom. The summed E-state index contributed by atoms with van der Waals surface area (Å²) in [6.45, 7) is 5.95. The summed E-state index contributed by atoms with van der Waals surface area (Å²) in [5, 5.41) is 5.99. The minimum Gasteiger partial charge on any atom is -0.491 e. The van der Waals surface area contributed by atoms with Crippen molar-refractivity contribution in [2.24, 2.45) is 5.92 Å². The standard InChI is InChI=1S/C22H33N3O4/c26-22(23-14-21(17-9-13-27-15-17)25-10-1-2-11-25)24-18-5-7-19(8-6-18)29-16-20-4-3-12-28-20/h5-8,17,20-21H,1-4,9-16H2,(H2,23,24,26)/t17-,20+,21-/m1/s1. The lowest BCUT2D eigenvalue weighted by molar-refractivity contribution is 0.0679. The van der Waals surface area contributed by atoms with Crippen LogP contribution in [0.5, 0.6) is 5.75 Å². The average Bonchev–Trinajstić information content (AvgIpc) is 3.51. The maximum Gasteiger partial charge on any atom is 0.319 e. The molecule has 3 atom stereocenters. The number of nitrogens with zero attached hydrogens (tertiary/aromatic N) is 1. The van der Waals surface area contributed by atoms with E-state index < -0.39 is 0 Å². The van der Waals surface area contributed by atoms with Crippen LogP contribution < -0.4 is 15.4 Å². The number of anilines is 1. The molecule has 3 heterocycles. The number of likely N-dealkylation sites (tertiary alicyclic amines) is 1. The highest BCUT2D eigenvalue weighted by atomic mass is 16.5. The second kappa shape index (κ2) is 10.3. The predicted octanol–water partition coefficient (Wildman–Crippen LogP) is 2.87. The first kappa shape index (κ1) is 20.4. The third-order valence-electron chi connectivity index (χ3n) is 6.16. The Hall–Kier alpha value is -1.83. The third kappa shape index (κ3) is 5.84. The fourth-order valence-corrected chi connectivity index (χ4v) is 4.50. The SMILES string of the molecule is O=C(NC[C@H]([C@@H]1CCOC1)N1CCCC1)Nc1ccc(OC[C@@H]2CCCO2)cc1. The van der Waals surface area contributed by atoms with Crippen LogP contribution in [0.4, 0.5) is 10.5 Å². The summed E-state index contributed by atoms with van der Waals surface area (Å²) in [5.74, 6) is 1.30. The van der Waals surface area contributed by atoms with E-state index in [1.807, 2.05) is 24.3 Å². The van der Waals surface area contributed by atoms with Gasteiger partial charge in [0.1, 0.15) is 12.4 Å². The van der Waals surface area contributed by atoms with Crippen molar-refractivity contribution in [3.05, 3.63) is 24.3 Å². The molecule has 0 unspecified atom stereocenters. The number of ether oxygens (including phenoxy) is 3. The fraction of sp³-hybridized carbons (Fsp3) is 0.682. The van der Waals surface area contributed by atoms with Crippen molar-refractivity contribution in [2.45, 2.75) is 44.2 Å². The van der Waals surface area contributed by atoms with E-state index in [4.69, 9.17) is 14.2 Å². The number of nitrogens with one attached hydrogen (secondary N) is 2. The molecular formula is C22H33N3O4. The van der Waals surface area contributed by atoms with Crippen LogP contribution in [0, 0.1) is 5.92 Å². The van der Waals surface area contributed by atoms with Gasteiger partial charge in [0.05, 0.1) is 12.7 Å². The Balaban J connectivity index is 1.22. The predicted molar refractivity (Wildman–Crippen MR) is 111 cm³/mol. The molecule has 1 aromatic rings. The van der Waals surface area contributed by atoms with Gasteiger partial charge < -0.3 is 24.8 Å². The van der Waals surface area contributed by atoms with Gasteiger partial charge in [-0.15, -0.1) is 0 Å². The third-order valence-corrected chi connectivity index (χ3v) is 6.16. The number of urea groups is 1. The first-order valence-electron chi connectivity index (χ1n) is 11.0. The van der Waals surface area contributed by atoms with Crippen LogP contribution in [0.25, 0.3) is 0 Å². The molecule has 3 aliphatic rings. The van der Waals surface area contributed by atoms with Crippen LogP contribution in [-0.2, 0) is 9.47 Å². The Labute approximate surface area is 173 Å². The molecule has 0 radical (unpaired) electrons. The molecule has 7 nitrogen and oxygen atoms in total. The maximum absolute atomic E-state index is 12.4. The second-order valence-electron chi connectivity index (χ2n) is 8.24. The smallest absolute Gasteiger partial charge is 0.319 e. The fourth-order valence-electron chi connectivity index (χ4n) is 4.50. The number of hydrogen-bond donors (Lipinski definition) is 2. The number of carbonyl (C=O) groups excluding carboxylic acids is 1. The van der Waals surface area contributed by atoms with E-state index in [0.29, 0.717) is 25.1 Å². The Morgan fingerprint density at radius 1 is 1.14 bits per heavy atom. The van der Waals surface area contributed by atoms with Crippen molar-refractivity contribution in [3.8, 4) is 5.75 Å². The average molecular weight is 404 g/mol. The van der Waals surface area contributed by atoms with Crippen LogP contribution in [0.1, 0.15) is 32.1 Å². The Kier molecular flexibility index (Phi) is 7.24. The highest BCUT2D eigenvalue weighted by molar-refractivity contribution is 5.89. The summed E-state index contributed by atoms with van der Waals surface area (Å²) in [6.07, 6.45) is 5.95. The van der Waals surface area contributed by atoms with Crippen molar-refractivity contribution in [1.82, 2.24) is 10.2 Å². The van der Waals surface area contributed by atoms with Crippen molar-refractivity contribution in [2.75, 3.05) is 51.4 Å². The lowest BCUT2D eigenvalue weighted by atomic mass is 9.97. The van der Waals surface area contributed by atoms with E-state index in [1.54, 1.807) is 0 Å². The molecule has 0 bridgehead atoms. The van der Waals surface area contributed by atoms with E-state index in [1.165, 1.54) is 12.8 Å². The van der Waals surface area contributed by atoms with Gasteiger partial charge in [0.2, 0.25) is 0 Å². The van der Waals surface area contributed by atoms with Crippen LogP contribution >= 0.6 is 0 Å². The first-order valence-corrected chi connectivity index (χ1v) is 11.0. The number of rotatable bonds is 8. The van der Waals surface area contributed by atoms with Gasteiger partial charge in [-0.1, -0.05) is 0 Å². The summed E-state index contributed by atoms with van der Waals surface area (Å²) in [4.78, 5) is 14.9. The minimum absolute atomic E-state index is 0.166. The second-order valence-corrected chi connectivity index (χ2v) is 8.24. The van der Waals surface area contributed by atoms with Gasteiger partial charge in [-0.25, -0.2) is 4.79 Å². The van der Waals surface area contributed by atoms with E-state index in [0.717, 1.165) is 63.6 Å². The molecule has 0 aliphatic carbocycles. The molecule has 0 saturated carbocycles. The molecule has 3 saturated heterocycles. The van der Waals surface area contributed by atoms with Crippen molar-refractivity contribution in [3.63, 3.8) is 0 Å². The number of amides is 2. The molecule has 0 spiro atoms. The number of benzene rings is 1. The number of carbonyl (C=O) groups is 1. The van der Waals surface area contributed by atoms with Gasteiger partial charge in [0.15, 0.2) is 0 Å². The van der Waals surface area contributed by atoms with Crippen LogP contribution in [0.15, 0.2) is 24.3 Å². The number of hydrogen-bond acceptors (Lipinski definition) is 5. The lowest BCUT2D eigenvalue weighted by Crippen LogP contribution is -2.48. The zero-order valence-corrected chi connectivity index (χ0v) is 17.1. The molecule has 2 amide bonds. The van der Waals surface area contributed by atoms with Crippen LogP contribution in [0.2, 0.25) is 0 Å². The lowest BCUT2D eigenvalue weighted by Gasteiger charge is -2.31. The van der Waals surface area contributed by atoms with Crippen molar-refractivity contribution in [1.29, 1.82) is 0 Å². The molecule has 7 heteroatoms. The van der Waals surface area contributed by atoms with Crippen molar-refractivity contribution >= 4 is 11.7 Å². The van der Waals surface area contributed by atoms with Crippen molar-refractivity contribution < 1.29 is 19.0 Å². The topological polar surface area (TPSA) is 72.1 Å². The summed E-state index contributed by atoms with van der Waals surface area (Å²) >= 11 is 0. The Morgan fingerprint density at radius 3 is 2.66 bits per heavy atom. The largest absolute Gasteiger partial charge is 0.491 e. The minimum atomic E-state index is -0.166. The zero-order chi connectivity index (χ0) is 19.9. The van der Waals surface area contributed by atoms with E-state index >= 15 is 0 Å². The zero-order valence-electron chi connectivity index (χ0n) is 17.1. The van der Waals surface area contributed by atoms with Gasteiger partial charge in [-0.05, 0) is 69.5 Å². The molecular weight excluding hydrogens is 370 g/mol. The molecule has 1 aromatic carbocycles. The van der Waals surface area contributed by atoms with Gasteiger partial charge in [0, 0.05) is 37.4 Å². The molecule has 0 aromatic heterocycles. The van der Waals surface area contributed by atoms with Gasteiger partial charge in [-0.2, -0.15) is 0 Å². The Bertz CT molecular complexity index is 620. The van der Waals surface area contributed by atoms with E-state index in [9.17, 15) is 4.79 Å². The molecule has 2 N–H and O–H groups in total. The van der Waals surface area contributed by atoms with Gasteiger partial charge in [-0.3, -0.25) is 4.90 Å². The highest BCUT2D eigenvalue weighted by Gasteiger charge is 2.32. The normalized spacial score (nSPS) is 25.8. The van der Waals surface area contributed by atoms with Gasteiger partial charge >= 0.3 is 6.03 Å². The summed E-state index contributed by atoms with van der Waals surface area (Å²) in [5.41, 5.74) is 0.758. The first-order chi connectivity index (χ1) is 14.3. The van der Waals surface area contributed by atoms with E-state index in [2.05, 4.69) is 15.5 Å². The van der Waals surface area contributed by atoms with Gasteiger partial charge in [0.25, 0.3) is 0 Å².